The number of carbonyl (C=O) groups is 2. The fraction of sp³-hybridized carbons (Fsp3) is 0.854. The predicted octanol–water partition coefficient (Wildman–Crippen LogP) is 12.1. The van der Waals surface area contributed by atoms with Gasteiger partial charge in [-0.25, -0.2) is 0 Å². The molecule has 0 fully saturated rings. The van der Waals surface area contributed by atoms with Gasteiger partial charge in [0.1, 0.15) is 13.2 Å². The maximum Gasteiger partial charge on any atom is 0.305 e. The third-order valence-electron chi connectivity index (χ3n) is 8.83. The highest BCUT2D eigenvalue weighted by molar-refractivity contribution is 5.69. The summed E-state index contributed by atoms with van der Waals surface area (Å²) >= 11 is 0. The number of ether oxygens (including phenoxy) is 2. The van der Waals surface area contributed by atoms with E-state index in [1.165, 1.54) is 116 Å². The lowest BCUT2D eigenvalue weighted by molar-refractivity contribution is -0.155. The van der Waals surface area contributed by atoms with Crippen molar-refractivity contribution >= 4 is 11.9 Å². The molecule has 5 nitrogen and oxygen atoms in total. The van der Waals surface area contributed by atoms with E-state index in [2.05, 4.69) is 38.2 Å². The molecular formula is C41H76O5. The van der Waals surface area contributed by atoms with Gasteiger partial charge >= 0.3 is 11.9 Å². The molecule has 0 rings (SSSR count). The molecule has 0 aromatic heterocycles. The van der Waals surface area contributed by atoms with Crippen molar-refractivity contribution < 1.29 is 24.2 Å². The first-order valence-corrected chi connectivity index (χ1v) is 19.7. The second-order valence-electron chi connectivity index (χ2n) is 14.0. The van der Waals surface area contributed by atoms with Crippen LogP contribution in [0.25, 0.3) is 0 Å². The Morgan fingerprint density at radius 3 is 1.07 bits per heavy atom. The number of aliphatic hydroxyl groups excluding tert-OH is 1. The van der Waals surface area contributed by atoms with E-state index >= 15 is 0 Å². The highest BCUT2D eigenvalue weighted by Gasteiger charge is 2.27. The standard InChI is InChI=1S/C41H76O5/c1-4-6-8-10-12-14-16-18-20-22-24-26-28-30-32-34-39(43)45-37-41(3,36-42)38-46-40(44)35-33-31-29-27-25-23-21-19-17-15-13-11-9-7-5-2/h18-21,42H,4-17,22-38H2,1-3H3. The number of hydrogen-bond acceptors (Lipinski definition) is 5. The molecule has 0 saturated heterocycles. The lowest BCUT2D eigenvalue weighted by Gasteiger charge is -2.26. The number of allylic oxidation sites excluding steroid dienone is 4. The Kier molecular flexibility index (Phi) is 33.5. The van der Waals surface area contributed by atoms with Crippen molar-refractivity contribution in [1.29, 1.82) is 0 Å². The Bertz CT molecular complexity index is 672. The molecule has 0 aliphatic carbocycles. The van der Waals surface area contributed by atoms with Crippen molar-refractivity contribution in [3.8, 4) is 0 Å². The van der Waals surface area contributed by atoms with Crippen molar-refractivity contribution in [2.75, 3.05) is 19.8 Å². The molecule has 0 heterocycles. The summed E-state index contributed by atoms with van der Waals surface area (Å²) in [5.41, 5.74) is -0.767. The monoisotopic (exact) mass is 649 g/mol. The van der Waals surface area contributed by atoms with E-state index in [9.17, 15) is 14.7 Å². The van der Waals surface area contributed by atoms with E-state index < -0.39 is 5.41 Å². The smallest absolute Gasteiger partial charge is 0.305 e. The van der Waals surface area contributed by atoms with Gasteiger partial charge in [0.15, 0.2) is 0 Å². The highest BCUT2D eigenvalue weighted by atomic mass is 16.5. The van der Waals surface area contributed by atoms with Crippen molar-refractivity contribution in [2.45, 2.75) is 201 Å². The van der Waals surface area contributed by atoms with Gasteiger partial charge in [-0.2, -0.15) is 0 Å². The highest BCUT2D eigenvalue weighted by Crippen LogP contribution is 2.19. The van der Waals surface area contributed by atoms with Crippen LogP contribution in [0.3, 0.4) is 0 Å². The maximum absolute atomic E-state index is 12.2. The minimum atomic E-state index is -0.767. The third-order valence-corrected chi connectivity index (χ3v) is 8.83. The average molecular weight is 649 g/mol. The number of carbonyl (C=O) groups excluding carboxylic acids is 2. The SMILES string of the molecule is CCCCCCCCC=CCCCCCCCC(=O)OCC(C)(CO)COC(=O)CCCCCCCC=CCCCCCCCC. The molecule has 0 aromatic carbocycles. The molecule has 0 atom stereocenters. The molecule has 0 spiro atoms. The van der Waals surface area contributed by atoms with E-state index in [4.69, 9.17) is 9.47 Å². The first-order chi connectivity index (χ1) is 22.5. The van der Waals surface area contributed by atoms with Crippen molar-refractivity contribution in [2.24, 2.45) is 5.41 Å². The normalized spacial score (nSPS) is 13.0. The van der Waals surface area contributed by atoms with Crippen molar-refractivity contribution in [3.63, 3.8) is 0 Å². The van der Waals surface area contributed by atoms with Crippen LogP contribution in [0, 0.1) is 5.41 Å². The molecule has 0 saturated carbocycles. The second-order valence-corrected chi connectivity index (χ2v) is 14.0. The van der Waals surface area contributed by atoms with Gasteiger partial charge in [0.2, 0.25) is 0 Å². The summed E-state index contributed by atoms with van der Waals surface area (Å²) in [6, 6.07) is 0. The van der Waals surface area contributed by atoms with Gasteiger partial charge in [-0.1, -0.05) is 148 Å². The number of esters is 2. The average Bonchev–Trinajstić information content (AvgIpc) is 3.06. The van der Waals surface area contributed by atoms with E-state index in [-0.39, 0.29) is 31.8 Å². The molecule has 270 valence electrons. The van der Waals surface area contributed by atoms with Crippen LogP contribution in [0.5, 0.6) is 0 Å². The third kappa shape index (κ3) is 32.3. The van der Waals surface area contributed by atoms with Gasteiger partial charge in [0.05, 0.1) is 12.0 Å². The largest absolute Gasteiger partial charge is 0.465 e. The molecule has 0 unspecified atom stereocenters. The summed E-state index contributed by atoms with van der Waals surface area (Å²) in [6.45, 7) is 6.24. The van der Waals surface area contributed by atoms with Crippen LogP contribution in [0.15, 0.2) is 24.3 Å². The predicted molar refractivity (Wildman–Crippen MR) is 196 cm³/mol. The molecule has 0 bridgehead atoms. The van der Waals surface area contributed by atoms with Crippen LogP contribution >= 0.6 is 0 Å². The van der Waals surface area contributed by atoms with Crippen LogP contribution in [-0.2, 0) is 19.1 Å². The minimum Gasteiger partial charge on any atom is -0.465 e. The minimum absolute atomic E-state index is 0.0636. The van der Waals surface area contributed by atoms with E-state index in [0.717, 1.165) is 51.4 Å². The summed E-state index contributed by atoms with van der Waals surface area (Å²) in [4.78, 5) is 24.4. The lowest BCUT2D eigenvalue weighted by atomic mass is 9.94. The van der Waals surface area contributed by atoms with Crippen LogP contribution in [0.2, 0.25) is 0 Å². The Balaban J connectivity index is 3.69. The zero-order valence-electron chi connectivity index (χ0n) is 30.8. The van der Waals surface area contributed by atoms with Gasteiger partial charge in [-0.3, -0.25) is 9.59 Å². The number of hydrogen-bond donors (Lipinski definition) is 1. The Labute approximate surface area is 285 Å². The quantitative estimate of drug-likeness (QED) is 0.0420. The van der Waals surface area contributed by atoms with Gasteiger partial charge in [-0.15, -0.1) is 0 Å². The van der Waals surface area contributed by atoms with Crippen molar-refractivity contribution in [1.82, 2.24) is 0 Å². The van der Waals surface area contributed by atoms with Gasteiger partial charge in [-0.05, 0) is 64.2 Å². The second kappa shape index (κ2) is 34.7. The molecule has 46 heavy (non-hydrogen) atoms. The molecule has 5 heteroatoms. The fourth-order valence-electron chi connectivity index (χ4n) is 5.47. The maximum atomic E-state index is 12.2. The summed E-state index contributed by atoms with van der Waals surface area (Å²) < 4.78 is 10.9. The zero-order valence-corrected chi connectivity index (χ0v) is 30.8. The number of rotatable bonds is 35. The summed E-state index contributed by atoms with van der Waals surface area (Å²) in [5, 5.41) is 9.85. The van der Waals surface area contributed by atoms with E-state index in [0.29, 0.717) is 12.8 Å². The molecule has 0 aliphatic rings. The lowest BCUT2D eigenvalue weighted by Crippen LogP contribution is -2.35. The van der Waals surface area contributed by atoms with Gasteiger partial charge < -0.3 is 14.6 Å². The molecule has 1 N–H and O–H groups in total. The molecule has 0 radical (unpaired) electrons. The number of unbranched alkanes of at least 4 members (excludes halogenated alkanes) is 22. The summed E-state index contributed by atoms with van der Waals surface area (Å²) in [5.74, 6) is -0.478. The van der Waals surface area contributed by atoms with Crippen molar-refractivity contribution in [3.05, 3.63) is 24.3 Å². The van der Waals surface area contributed by atoms with Gasteiger partial charge in [0, 0.05) is 12.8 Å². The molecular weight excluding hydrogens is 572 g/mol. The molecule has 0 aliphatic heterocycles. The van der Waals surface area contributed by atoms with Crippen LogP contribution in [0.1, 0.15) is 201 Å². The van der Waals surface area contributed by atoms with Crippen LogP contribution in [-0.4, -0.2) is 36.9 Å². The molecule has 0 amide bonds. The van der Waals surface area contributed by atoms with Gasteiger partial charge in [0.25, 0.3) is 0 Å². The van der Waals surface area contributed by atoms with E-state index in [1.807, 2.05) is 0 Å². The summed E-state index contributed by atoms with van der Waals surface area (Å²) in [6.07, 6.45) is 41.9. The van der Waals surface area contributed by atoms with Crippen LogP contribution in [0.4, 0.5) is 0 Å². The molecule has 0 aromatic rings. The summed E-state index contributed by atoms with van der Waals surface area (Å²) in [7, 11) is 0. The fourth-order valence-corrected chi connectivity index (χ4v) is 5.47. The Hall–Kier alpha value is -1.62. The Morgan fingerprint density at radius 2 is 0.761 bits per heavy atom. The first kappa shape index (κ1) is 44.4. The Morgan fingerprint density at radius 1 is 0.478 bits per heavy atom. The zero-order chi connectivity index (χ0) is 33.8. The topological polar surface area (TPSA) is 72.8 Å². The van der Waals surface area contributed by atoms with Crippen LogP contribution < -0.4 is 0 Å². The number of aliphatic hydroxyl groups is 1. The first-order valence-electron chi connectivity index (χ1n) is 19.7. The van der Waals surface area contributed by atoms with E-state index in [1.54, 1.807) is 6.92 Å².